The highest BCUT2D eigenvalue weighted by Crippen LogP contribution is 2.14. The maximum Gasteiger partial charge on any atom is 0.141 e. The van der Waals surface area contributed by atoms with E-state index in [9.17, 15) is 4.39 Å². The molecule has 0 unspecified atom stereocenters. The highest BCUT2D eigenvalue weighted by molar-refractivity contribution is 5.21. The van der Waals surface area contributed by atoms with Crippen molar-refractivity contribution in [2.24, 2.45) is 0 Å². The van der Waals surface area contributed by atoms with Crippen LogP contribution in [-0.4, -0.2) is 18.5 Å². The second-order valence-corrected chi connectivity index (χ2v) is 2.22. The van der Waals surface area contributed by atoms with E-state index in [-0.39, 0.29) is 5.83 Å². The van der Waals surface area contributed by atoms with Gasteiger partial charge in [-0.3, -0.25) is 0 Å². The van der Waals surface area contributed by atoms with Gasteiger partial charge in [0.1, 0.15) is 5.83 Å². The van der Waals surface area contributed by atoms with Crippen LogP contribution in [0.3, 0.4) is 0 Å². The molecule has 2 heteroatoms. The highest BCUT2D eigenvalue weighted by atomic mass is 19.1. The van der Waals surface area contributed by atoms with Crippen LogP contribution in [0.25, 0.3) is 0 Å². The predicted molar refractivity (Wildman–Crippen MR) is 35.6 cm³/mol. The molecule has 0 saturated carbocycles. The van der Waals surface area contributed by atoms with Crippen LogP contribution >= 0.6 is 0 Å². The molecule has 1 aliphatic heterocycles. The van der Waals surface area contributed by atoms with Crippen LogP contribution in [0.15, 0.2) is 23.7 Å². The van der Waals surface area contributed by atoms with Gasteiger partial charge in [-0.05, 0) is 13.0 Å². The lowest BCUT2D eigenvalue weighted by molar-refractivity contribution is 0.430. The normalized spacial score (nSPS) is 19.2. The first-order chi connectivity index (χ1) is 4.22. The fourth-order valence-electron chi connectivity index (χ4n) is 0.754. The van der Waals surface area contributed by atoms with Crippen LogP contribution in [0.2, 0.25) is 0 Å². The fraction of sp³-hybridized carbons (Fsp3) is 0.429. The molecule has 1 rings (SSSR count). The summed E-state index contributed by atoms with van der Waals surface area (Å²) in [6, 6.07) is 0. The van der Waals surface area contributed by atoms with Gasteiger partial charge in [0, 0.05) is 19.3 Å². The summed E-state index contributed by atoms with van der Waals surface area (Å²) in [6.07, 6.45) is 3.32. The zero-order valence-electron chi connectivity index (χ0n) is 5.69. The SMILES string of the molecule is CC1=C(F)C=CCN1C. The second-order valence-electron chi connectivity index (χ2n) is 2.22. The number of hydrogen-bond donors (Lipinski definition) is 0. The minimum absolute atomic E-state index is 0.122. The Morgan fingerprint density at radius 2 is 2.33 bits per heavy atom. The minimum atomic E-state index is -0.122. The molecule has 0 atom stereocenters. The Labute approximate surface area is 54.5 Å². The van der Waals surface area contributed by atoms with E-state index < -0.39 is 0 Å². The fourth-order valence-corrected chi connectivity index (χ4v) is 0.754. The molecule has 0 aromatic heterocycles. The van der Waals surface area contributed by atoms with Crippen molar-refractivity contribution in [2.75, 3.05) is 13.6 Å². The molecule has 0 aromatic rings. The lowest BCUT2D eigenvalue weighted by atomic mass is 10.2. The number of hydrogen-bond acceptors (Lipinski definition) is 1. The Balaban J connectivity index is 2.83. The molecule has 0 fully saturated rings. The smallest absolute Gasteiger partial charge is 0.141 e. The van der Waals surface area contributed by atoms with E-state index in [2.05, 4.69) is 0 Å². The second kappa shape index (κ2) is 2.21. The summed E-state index contributed by atoms with van der Waals surface area (Å²) in [5.74, 6) is -0.122. The highest BCUT2D eigenvalue weighted by Gasteiger charge is 2.06. The maximum atomic E-state index is 12.6. The Bertz CT molecular complexity index is 170. The molecule has 0 amide bonds. The topological polar surface area (TPSA) is 3.24 Å². The summed E-state index contributed by atoms with van der Waals surface area (Å²) in [7, 11) is 1.87. The van der Waals surface area contributed by atoms with Crippen LogP contribution < -0.4 is 0 Å². The predicted octanol–water partition coefficient (Wildman–Crippen LogP) is 1.69. The van der Waals surface area contributed by atoms with Gasteiger partial charge in [0.15, 0.2) is 0 Å². The Hall–Kier alpha value is -0.790. The van der Waals surface area contributed by atoms with Crippen LogP contribution in [0, 0.1) is 0 Å². The zero-order chi connectivity index (χ0) is 6.85. The molecule has 0 N–H and O–H groups in total. The molecule has 0 saturated heterocycles. The van der Waals surface area contributed by atoms with E-state index in [0.717, 1.165) is 12.2 Å². The van der Waals surface area contributed by atoms with Crippen molar-refractivity contribution in [1.29, 1.82) is 0 Å². The third kappa shape index (κ3) is 1.12. The van der Waals surface area contributed by atoms with Crippen LogP contribution in [0.4, 0.5) is 4.39 Å². The first-order valence-electron chi connectivity index (χ1n) is 2.96. The van der Waals surface area contributed by atoms with E-state index in [1.165, 1.54) is 6.08 Å². The molecule has 0 aromatic carbocycles. The summed E-state index contributed by atoms with van der Waals surface area (Å²) in [5.41, 5.74) is 0.720. The molecule has 1 heterocycles. The largest absolute Gasteiger partial charge is 0.372 e. The Kier molecular flexibility index (Phi) is 1.56. The van der Waals surface area contributed by atoms with Gasteiger partial charge in [0.25, 0.3) is 0 Å². The van der Waals surface area contributed by atoms with Gasteiger partial charge in [0.05, 0.1) is 0 Å². The van der Waals surface area contributed by atoms with Crippen molar-refractivity contribution in [3.8, 4) is 0 Å². The average molecular weight is 127 g/mol. The number of halogens is 1. The van der Waals surface area contributed by atoms with E-state index in [1.54, 1.807) is 6.92 Å². The van der Waals surface area contributed by atoms with Crippen LogP contribution in [0.1, 0.15) is 6.92 Å². The summed E-state index contributed by atoms with van der Waals surface area (Å²) in [6.45, 7) is 2.60. The van der Waals surface area contributed by atoms with E-state index >= 15 is 0 Å². The van der Waals surface area contributed by atoms with Crippen molar-refractivity contribution < 1.29 is 4.39 Å². The molecule has 0 bridgehead atoms. The van der Waals surface area contributed by atoms with E-state index in [1.807, 2.05) is 18.0 Å². The van der Waals surface area contributed by atoms with Gasteiger partial charge in [-0.25, -0.2) is 4.39 Å². The third-order valence-electron chi connectivity index (χ3n) is 1.56. The molecule has 9 heavy (non-hydrogen) atoms. The van der Waals surface area contributed by atoms with Crippen molar-refractivity contribution in [1.82, 2.24) is 4.90 Å². The van der Waals surface area contributed by atoms with Crippen molar-refractivity contribution in [2.45, 2.75) is 6.92 Å². The van der Waals surface area contributed by atoms with Gasteiger partial charge in [-0.15, -0.1) is 0 Å². The molecule has 50 valence electrons. The molecule has 1 nitrogen and oxygen atoms in total. The molecule has 0 aliphatic carbocycles. The maximum absolute atomic E-state index is 12.6. The van der Waals surface area contributed by atoms with Gasteiger partial charge in [-0.1, -0.05) is 6.08 Å². The van der Waals surface area contributed by atoms with Crippen LogP contribution in [0.5, 0.6) is 0 Å². The standard InChI is InChI=1S/C7H10FN/c1-6-7(8)4-3-5-9(6)2/h3-4H,5H2,1-2H3. The molecule has 1 aliphatic rings. The van der Waals surface area contributed by atoms with Crippen LogP contribution in [-0.2, 0) is 0 Å². The summed E-state index contributed by atoms with van der Waals surface area (Å²) in [4.78, 5) is 1.87. The lowest BCUT2D eigenvalue weighted by Crippen LogP contribution is -2.18. The monoisotopic (exact) mass is 127 g/mol. The summed E-state index contributed by atoms with van der Waals surface area (Å²) >= 11 is 0. The number of allylic oxidation sites excluding steroid dienone is 3. The van der Waals surface area contributed by atoms with Gasteiger partial charge in [-0.2, -0.15) is 0 Å². The number of rotatable bonds is 0. The van der Waals surface area contributed by atoms with E-state index in [0.29, 0.717) is 0 Å². The summed E-state index contributed by atoms with van der Waals surface area (Å²) < 4.78 is 12.6. The zero-order valence-corrected chi connectivity index (χ0v) is 5.69. The lowest BCUT2D eigenvalue weighted by Gasteiger charge is -2.20. The van der Waals surface area contributed by atoms with Gasteiger partial charge < -0.3 is 4.90 Å². The molecule has 0 radical (unpaired) electrons. The Morgan fingerprint density at radius 1 is 1.67 bits per heavy atom. The van der Waals surface area contributed by atoms with Crippen molar-refractivity contribution >= 4 is 0 Å². The van der Waals surface area contributed by atoms with Crippen molar-refractivity contribution in [3.05, 3.63) is 23.7 Å². The molecular formula is C7H10FN. The number of nitrogens with zero attached hydrogens (tertiary/aromatic N) is 1. The first-order valence-corrected chi connectivity index (χ1v) is 2.96. The quantitative estimate of drug-likeness (QED) is 0.478. The molecule has 0 spiro atoms. The van der Waals surface area contributed by atoms with Gasteiger partial charge in [0.2, 0.25) is 0 Å². The Morgan fingerprint density at radius 3 is 2.78 bits per heavy atom. The van der Waals surface area contributed by atoms with Crippen molar-refractivity contribution in [3.63, 3.8) is 0 Å². The summed E-state index contributed by atoms with van der Waals surface area (Å²) in [5, 5.41) is 0. The third-order valence-corrected chi connectivity index (χ3v) is 1.56. The molecular weight excluding hydrogens is 117 g/mol. The van der Waals surface area contributed by atoms with Gasteiger partial charge >= 0.3 is 0 Å². The minimum Gasteiger partial charge on any atom is -0.372 e. The first kappa shape index (κ1) is 6.33. The van der Waals surface area contributed by atoms with E-state index in [4.69, 9.17) is 0 Å². The number of likely N-dealkylation sites (N-methyl/N-ethyl adjacent to an activating group) is 1. The average Bonchev–Trinajstić information content (AvgIpc) is 1.83.